The van der Waals surface area contributed by atoms with Crippen molar-refractivity contribution in [2.45, 2.75) is 38.5 Å². The maximum Gasteiger partial charge on any atom is 0.335 e. The van der Waals surface area contributed by atoms with Crippen LogP contribution in [0.3, 0.4) is 0 Å². The standard InChI is InChI=1S/C28H35N5O4S/c34-28(35)21-4-5-23-24(16-21)33(17-22-6-13-36-22)26(29-23)18-31-9-11-32(12-10-31)25-2-1-3-27(30-25)37-19-20-7-14-38-15-8-20/h1-5,16,20,22H,6-15,17-19H2,(H,34,35). The van der Waals surface area contributed by atoms with Gasteiger partial charge >= 0.3 is 5.97 Å². The van der Waals surface area contributed by atoms with Gasteiger partial charge in [0.15, 0.2) is 0 Å². The molecule has 3 aliphatic heterocycles. The molecule has 0 bridgehead atoms. The first-order valence-corrected chi connectivity index (χ1v) is 14.8. The number of hydrogen-bond acceptors (Lipinski definition) is 8. The first-order valence-electron chi connectivity index (χ1n) is 13.6. The molecule has 0 aliphatic carbocycles. The Balaban J connectivity index is 1.10. The molecule has 3 aromatic rings. The van der Waals surface area contributed by atoms with Gasteiger partial charge in [0.1, 0.15) is 11.6 Å². The second-order valence-corrected chi connectivity index (χ2v) is 11.6. The number of pyridine rings is 1. The molecule has 10 heteroatoms. The molecule has 3 aliphatic rings. The number of thioether (sulfide) groups is 1. The number of hydrogen-bond donors (Lipinski definition) is 1. The number of carboxylic acids is 1. The molecule has 2 aromatic heterocycles. The number of aromatic nitrogens is 3. The number of aromatic carboxylic acids is 1. The third kappa shape index (κ3) is 5.77. The highest BCUT2D eigenvalue weighted by molar-refractivity contribution is 7.99. The van der Waals surface area contributed by atoms with Gasteiger partial charge in [0.05, 0.1) is 42.4 Å². The fourth-order valence-corrected chi connectivity index (χ4v) is 6.58. The average molecular weight is 538 g/mol. The second kappa shape index (κ2) is 11.5. The molecule has 1 N–H and O–H groups in total. The third-order valence-electron chi connectivity index (χ3n) is 7.83. The molecule has 5 heterocycles. The van der Waals surface area contributed by atoms with Crippen LogP contribution >= 0.6 is 11.8 Å². The molecule has 202 valence electrons. The van der Waals surface area contributed by atoms with E-state index in [4.69, 9.17) is 19.4 Å². The lowest BCUT2D eigenvalue weighted by atomic mass is 10.0. The highest BCUT2D eigenvalue weighted by atomic mass is 32.2. The van der Waals surface area contributed by atoms with Crippen LogP contribution in [-0.2, 0) is 17.8 Å². The number of rotatable bonds is 9. The van der Waals surface area contributed by atoms with E-state index in [-0.39, 0.29) is 11.7 Å². The predicted octanol–water partition coefficient (Wildman–Crippen LogP) is 3.76. The lowest BCUT2D eigenvalue weighted by Crippen LogP contribution is -2.46. The van der Waals surface area contributed by atoms with Crippen molar-refractivity contribution >= 4 is 34.6 Å². The van der Waals surface area contributed by atoms with Crippen molar-refractivity contribution in [1.82, 2.24) is 19.4 Å². The van der Waals surface area contributed by atoms with Gasteiger partial charge in [-0.05, 0) is 61.0 Å². The van der Waals surface area contributed by atoms with Gasteiger partial charge in [-0.1, -0.05) is 6.07 Å². The summed E-state index contributed by atoms with van der Waals surface area (Å²) in [7, 11) is 0. The Hall–Kier alpha value is -2.82. The molecule has 1 unspecified atom stereocenters. The molecule has 9 nitrogen and oxygen atoms in total. The van der Waals surface area contributed by atoms with E-state index in [1.54, 1.807) is 12.1 Å². The number of nitrogens with zero attached hydrogens (tertiary/aromatic N) is 5. The van der Waals surface area contributed by atoms with E-state index in [1.807, 2.05) is 30.0 Å². The predicted molar refractivity (Wildman–Crippen MR) is 148 cm³/mol. The topological polar surface area (TPSA) is 93.0 Å². The molecule has 3 fully saturated rings. The minimum absolute atomic E-state index is 0.161. The first kappa shape index (κ1) is 25.5. The summed E-state index contributed by atoms with van der Waals surface area (Å²) in [5.74, 6) is 4.84. The Morgan fingerprint density at radius 2 is 1.89 bits per heavy atom. The Bertz CT molecular complexity index is 1270. The molecule has 3 saturated heterocycles. The maximum absolute atomic E-state index is 11.6. The van der Waals surface area contributed by atoms with Crippen LogP contribution in [0.4, 0.5) is 5.82 Å². The SMILES string of the molecule is O=C(O)c1ccc2nc(CN3CCN(c4cccc(OCC5CCSCC5)n4)CC3)n(CC3CCO3)c2c1. The van der Waals surface area contributed by atoms with E-state index in [1.165, 1.54) is 24.3 Å². The van der Waals surface area contributed by atoms with Gasteiger partial charge in [0.25, 0.3) is 0 Å². The number of anilines is 1. The average Bonchev–Trinajstić information content (AvgIpc) is 3.26. The second-order valence-electron chi connectivity index (χ2n) is 10.4. The zero-order valence-corrected chi connectivity index (χ0v) is 22.4. The normalized spacial score (nSPS) is 20.9. The van der Waals surface area contributed by atoms with E-state index >= 15 is 0 Å². The summed E-state index contributed by atoms with van der Waals surface area (Å²) in [6, 6.07) is 11.2. The van der Waals surface area contributed by atoms with Crippen molar-refractivity contribution in [2.24, 2.45) is 5.92 Å². The highest BCUT2D eigenvalue weighted by Crippen LogP contribution is 2.26. The number of carbonyl (C=O) groups is 1. The Kier molecular flexibility index (Phi) is 7.71. The van der Waals surface area contributed by atoms with E-state index in [9.17, 15) is 9.90 Å². The van der Waals surface area contributed by atoms with Crippen LogP contribution in [0.15, 0.2) is 36.4 Å². The Morgan fingerprint density at radius 3 is 2.63 bits per heavy atom. The molecule has 0 spiro atoms. The molecule has 0 amide bonds. The van der Waals surface area contributed by atoms with Crippen LogP contribution in [0.1, 0.15) is 35.4 Å². The third-order valence-corrected chi connectivity index (χ3v) is 8.88. The van der Waals surface area contributed by atoms with Gasteiger partial charge in [0.2, 0.25) is 5.88 Å². The molecule has 1 atom stereocenters. The monoisotopic (exact) mass is 537 g/mol. The minimum Gasteiger partial charge on any atom is -0.478 e. The highest BCUT2D eigenvalue weighted by Gasteiger charge is 2.25. The smallest absolute Gasteiger partial charge is 0.335 e. The van der Waals surface area contributed by atoms with Gasteiger partial charge in [-0.2, -0.15) is 16.7 Å². The maximum atomic E-state index is 11.6. The van der Waals surface area contributed by atoms with Crippen molar-refractivity contribution in [1.29, 1.82) is 0 Å². The molecule has 0 radical (unpaired) electrons. The van der Waals surface area contributed by atoms with Crippen molar-refractivity contribution in [3.63, 3.8) is 0 Å². The Morgan fingerprint density at radius 1 is 1.08 bits per heavy atom. The van der Waals surface area contributed by atoms with Gasteiger partial charge < -0.3 is 24.0 Å². The van der Waals surface area contributed by atoms with Crippen LogP contribution in [-0.4, -0.2) is 87.5 Å². The van der Waals surface area contributed by atoms with Gasteiger partial charge in [-0.25, -0.2) is 9.78 Å². The quantitative estimate of drug-likeness (QED) is 0.438. The number of piperazine rings is 1. The zero-order chi connectivity index (χ0) is 25.9. The van der Waals surface area contributed by atoms with Crippen molar-refractivity contribution in [2.75, 3.05) is 55.8 Å². The van der Waals surface area contributed by atoms with Crippen LogP contribution in [0.25, 0.3) is 11.0 Å². The molecule has 0 saturated carbocycles. The van der Waals surface area contributed by atoms with Crippen LogP contribution in [0, 0.1) is 5.92 Å². The fraction of sp³-hybridized carbons (Fsp3) is 0.536. The van der Waals surface area contributed by atoms with Crippen molar-refractivity contribution in [3.8, 4) is 5.88 Å². The van der Waals surface area contributed by atoms with Crippen LogP contribution < -0.4 is 9.64 Å². The van der Waals surface area contributed by atoms with Crippen LogP contribution in [0.5, 0.6) is 5.88 Å². The summed E-state index contributed by atoms with van der Waals surface area (Å²) in [6.45, 7) is 6.52. The summed E-state index contributed by atoms with van der Waals surface area (Å²) in [5, 5.41) is 9.49. The van der Waals surface area contributed by atoms with E-state index < -0.39 is 5.97 Å². The molecule has 38 heavy (non-hydrogen) atoms. The van der Waals surface area contributed by atoms with Crippen molar-refractivity contribution in [3.05, 3.63) is 47.8 Å². The lowest BCUT2D eigenvalue weighted by Gasteiger charge is -2.35. The largest absolute Gasteiger partial charge is 0.478 e. The number of carboxylic acid groups (broad SMARTS) is 1. The van der Waals surface area contributed by atoms with E-state index in [0.29, 0.717) is 19.0 Å². The number of fused-ring (bicyclic) bond motifs is 1. The summed E-state index contributed by atoms with van der Waals surface area (Å²) in [5.41, 5.74) is 1.97. The zero-order valence-electron chi connectivity index (χ0n) is 21.6. The first-order chi connectivity index (χ1) is 18.6. The summed E-state index contributed by atoms with van der Waals surface area (Å²) in [4.78, 5) is 26.0. The molecular formula is C28H35N5O4S. The number of imidazole rings is 1. The lowest BCUT2D eigenvalue weighted by molar-refractivity contribution is -0.0592. The van der Waals surface area contributed by atoms with Crippen molar-refractivity contribution < 1.29 is 19.4 Å². The number of benzene rings is 1. The minimum atomic E-state index is -0.923. The van der Waals surface area contributed by atoms with Gasteiger partial charge in [-0.15, -0.1) is 0 Å². The molecular weight excluding hydrogens is 502 g/mol. The summed E-state index contributed by atoms with van der Waals surface area (Å²) in [6.07, 6.45) is 3.64. The summed E-state index contributed by atoms with van der Waals surface area (Å²) < 4.78 is 13.9. The Labute approximate surface area is 227 Å². The molecule has 6 rings (SSSR count). The van der Waals surface area contributed by atoms with Crippen LogP contribution in [0.2, 0.25) is 0 Å². The van der Waals surface area contributed by atoms with E-state index in [0.717, 1.165) is 74.4 Å². The molecule has 1 aromatic carbocycles. The van der Waals surface area contributed by atoms with E-state index in [2.05, 4.69) is 20.4 Å². The van der Waals surface area contributed by atoms with Gasteiger partial charge in [0, 0.05) is 38.9 Å². The summed E-state index contributed by atoms with van der Waals surface area (Å²) >= 11 is 2.04. The number of ether oxygens (including phenoxy) is 2. The fourth-order valence-electron chi connectivity index (χ4n) is 5.37. The van der Waals surface area contributed by atoms with Gasteiger partial charge in [-0.3, -0.25) is 4.90 Å².